The molecule has 4 N–H and O–H groups in total. The zero-order valence-electron chi connectivity index (χ0n) is 15.0. The van der Waals surface area contributed by atoms with Gasteiger partial charge in [0.05, 0.1) is 12.9 Å². The zero-order chi connectivity index (χ0) is 19.8. The lowest BCUT2D eigenvalue weighted by Gasteiger charge is -2.16. The Kier molecular flexibility index (Phi) is 4.94. The van der Waals surface area contributed by atoms with E-state index in [1.807, 2.05) is 0 Å². The SMILES string of the molecule is Cc1cc(CNc2ncnc3c2ncn3[C@@H]2O[C@H](CO)[C@@H](O)[C@H]2O)ccc1F. The number of benzene rings is 1. The van der Waals surface area contributed by atoms with Crippen LogP contribution in [-0.4, -0.2) is 59.8 Å². The number of ether oxygens (including phenoxy) is 1. The molecule has 1 saturated heterocycles. The summed E-state index contributed by atoms with van der Waals surface area (Å²) in [5.74, 6) is 0.211. The van der Waals surface area contributed by atoms with Crippen molar-refractivity contribution in [3.05, 3.63) is 47.8 Å². The normalized spacial score (nSPS) is 24.8. The number of imidazole rings is 1. The number of anilines is 1. The molecule has 0 bridgehead atoms. The van der Waals surface area contributed by atoms with Crippen LogP contribution < -0.4 is 5.32 Å². The summed E-state index contributed by atoms with van der Waals surface area (Å²) in [4.78, 5) is 12.7. The molecule has 1 aliphatic rings. The molecular weight excluding hydrogens is 369 g/mol. The molecule has 10 heteroatoms. The third kappa shape index (κ3) is 3.20. The third-order valence-corrected chi connectivity index (χ3v) is 4.83. The number of aliphatic hydroxyl groups is 3. The fourth-order valence-corrected chi connectivity index (χ4v) is 3.28. The quantitative estimate of drug-likeness (QED) is 0.497. The first-order valence-corrected chi connectivity index (χ1v) is 8.78. The Morgan fingerprint density at radius 1 is 1.21 bits per heavy atom. The minimum atomic E-state index is -1.23. The minimum absolute atomic E-state index is 0.259. The second-order valence-electron chi connectivity index (χ2n) is 6.71. The molecule has 1 fully saturated rings. The van der Waals surface area contributed by atoms with Gasteiger partial charge in [0, 0.05) is 6.54 Å². The second kappa shape index (κ2) is 7.40. The summed E-state index contributed by atoms with van der Waals surface area (Å²) in [6.45, 7) is 1.69. The molecule has 0 amide bonds. The third-order valence-electron chi connectivity index (χ3n) is 4.83. The lowest BCUT2D eigenvalue weighted by Crippen LogP contribution is -2.33. The van der Waals surface area contributed by atoms with E-state index in [0.29, 0.717) is 29.1 Å². The number of rotatable bonds is 5. The molecule has 0 unspecified atom stereocenters. The summed E-state index contributed by atoms with van der Waals surface area (Å²) >= 11 is 0. The van der Waals surface area contributed by atoms with Gasteiger partial charge in [0.25, 0.3) is 0 Å². The molecule has 148 valence electrons. The van der Waals surface area contributed by atoms with Crippen LogP contribution in [0.2, 0.25) is 0 Å². The number of hydrogen-bond donors (Lipinski definition) is 4. The Bertz CT molecular complexity index is 997. The maximum atomic E-state index is 13.4. The van der Waals surface area contributed by atoms with Crippen LogP contribution in [0.15, 0.2) is 30.9 Å². The highest BCUT2D eigenvalue weighted by Gasteiger charge is 2.44. The molecule has 1 aromatic carbocycles. The molecule has 2 aromatic heterocycles. The number of halogens is 1. The Balaban J connectivity index is 1.59. The topological polar surface area (TPSA) is 126 Å². The van der Waals surface area contributed by atoms with Gasteiger partial charge in [-0.05, 0) is 24.1 Å². The van der Waals surface area contributed by atoms with Crippen LogP contribution in [0.25, 0.3) is 11.2 Å². The van der Waals surface area contributed by atoms with Crippen LogP contribution in [0.1, 0.15) is 17.4 Å². The number of nitrogens with zero attached hydrogens (tertiary/aromatic N) is 4. The molecule has 4 rings (SSSR count). The maximum absolute atomic E-state index is 13.4. The van der Waals surface area contributed by atoms with Gasteiger partial charge in [-0.15, -0.1) is 0 Å². The van der Waals surface area contributed by atoms with Crippen molar-refractivity contribution in [2.75, 3.05) is 11.9 Å². The largest absolute Gasteiger partial charge is 0.394 e. The van der Waals surface area contributed by atoms with Gasteiger partial charge in [0.1, 0.15) is 30.5 Å². The van der Waals surface area contributed by atoms with Crippen LogP contribution in [0.5, 0.6) is 0 Å². The maximum Gasteiger partial charge on any atom is 0.167 e. The van der Waals surface area contributed by atoms with Crippen LogP contribution in [-0.2, 0) is 11.3 Å². The average molecular weight is 389 g/mol. The van der Waals surface area contributed by atoms with Gasteiger partial charge in [0.15, 0.2) is 23.2 Å². The van der Waals surface area contributed by atoms with Crippen molar-refractivity contribution < 1.29 is 24.4 Å². The lowest BCUT2D eigenvalue weighted by molar-refractivity contribution is -0.0511. The molecular formula is C18H20FN5O4. The minimum Gasteiger partial charge on any atom is -0.394 e. The van der Waals surface area contributed by atoms with Crippen molar-refractivity contribution in [2.45, 2.75) is 38.0 Å². The number of nitrogens with one attached hydrogen (secondary N) is 1. The van der Waals surface area contributed by atoms with E-state index < -0.39 is 31.1 Å². The van der Waals surface area contributed by atoms with Crippen LogP contribution in [0.4, 0.5) is 10.2 Å². The molecule has 0 radical (unpaired) electrons. The predicted octanol–water partition coefficient (Wildman–Crippen LogP) is 0.497. The predicted molar refractivity (Wildman–Crippen MR) is 96.8 cm³/mol. The molecule has 28 heavy (non-hydrogen) atoms. The molecule has 3 aromatic rings. The number of aliphatic hydroxyl groups excluding tert-OH is 3. The number of fused-ring (bicyclic) bond motifs is 1. The zero-order valence-corrected chi connectivity index (χ0v) is 15.0. The summed E-state index contributed by atoms with van der Waals surface area (Å²) in [5, 5.41) is 32.6. The average Bonchev–Trinajstić information content (AvgIpc) is 3.24. The first kappa shape index (κ1) is 18.7. The summed E-state index contributed by atoms with van der Waals surface area (Å²) < 4.78 is 20.4. The monoisotopic (exact) mass is 389 g/mol. The van der Waals surface area contributed by atoms with Gasteiger partial charge in [0.2, 0.25) is 0 Å². The van der Waals surface area contributed by atoms with Crippen molar-refractivity contribution >= 4 is 17.0 Å². The van der Waals surface area contributed by atoms with E-state index in [-0.39, 0.29) is 5.82 Å². The summed E-state index contributed by atoms with van der Waals surface area (Å²) in [6.07, 6.45) is -1.48. The van der Waals surface area contributed by atoms with Gasteiger partial charge in [-0.25, -0.2) is 19.3 Å². The van der Waals surface area contributed by atoms with Gasteiger partial charge >= 0.3 is 0 Å². The second-order valence-corrected chi connectivity index (χ2v) is 6.71. The van der Waals surface area contributed by atoms with E-state index in [9.17, 15) is 19.7 Å². The molecule has 0 spiro atoms. The fraction of sp³-hybridized carbons (Fsp3) is 0.389. The van der Waals surface area contributed by atoms with Crippen molar-refractivity contribution in [1.82, 2.24) is 19.5 Å². The van der Waals surface area contributed by atoms with Gasteiger partial charge in [-0.3, -0.25) is 4.57 Å². The Morgan fingerprint density at radius 2 is 2.04 bits per heavy atom. The van der Waals surface area contributed by atoms with E-state index in [4.69, 9.17) is 4.74 Å². The van der Waals surface area contributed by atoms with E-state index in [1.165, 1.54) is 23.3 Å². The van der Waals surface area contributed by atoms with Crippen LogP contribution in [0.3, 0.4) is 0 Å². The molecule has 4 atom stereocenters. The van der Waals surface area contributed by atoms with Crippen LogP contribution in [0, 0.1) is 12.7 Å². The van der Waals surface area contributed by atoms with Crippen molar-refractivity contribution in [1.29, 1.82) is 0 Å². The highest BCUT2D eigenvalue weighted by molar-refractivity contribution is 5.82. The van der Waals surface area contributed by atoms with E-state index in [1.54, 1.807) is 19.1 Å². The highest BCUT2D eigenvalue weighted by Crippen LogP contribution is 2.32. The van der Waals surface area contributed by atoms with Crippen molar-refractivity contribution in [3.8, 4) is 0 Å². The van der Waals surface area contributed by atoms with Gasteiger partial charge < -0.3 is 25.4 Å². The Morgan fingerprint density at radius 3 is 2.75 bits per heavy atom. The van der Waals surface area contributed by atoms with Gasteiger partial charge in [-0.1, -0.05) is 12.1 Å². The first-order chi connectivity index (χ1) is 13.5. The molecule has 0 aliphatic carbocycles. The van der Waals surface area contributed by atoms with E-state index in [0.717, 1.165) is 5.56 Å². The first-order valence-electron chi connectivity index (χ1n) is 8.78. The molecule has 0 saturated carbocycles. The summed E-state index contributed by atoms with van der Waals surface area (Å²) in [6, 6.07) is 4.85. The standard InChI is InChI=1S/C18H20FN5O4/c1-9-4-10(2-3-11(9)19)5-20-16-13-17(22-7-21-16)24(8-23-13)18-15(27)14(26)12(6-25)28-18/h2-4,7-8,12,14-15,18,25-27H,5-6H2,1H3,(H,20,21,22)/t12-,14-,15-,18-/m1/s1. The fourth-order valence-electron chi connectivity index (χ4n) is 3.28. The highest BCUT2D eigenvalue weighted by atomic mass is 19.1. The molecule has 1 aliphatic heterocycles. The van der Waals surface area contributed by atoms with Crippen molar-refractivity contribution in [2.24, 2.45) is 0 Å². The lowest BCUT2D eigenvalue weighted by atomic mass is 10.1. The molecule has 9 nitrogen and oxygen atoms in total. The van der Waals surface area contributed by atoms with E-state index >= 15 is 0 Å². The van der Waals surface area contributed by atoms with E-state index in [2.05, 4.69) is 20.3 Å². The molecule has 3 heterocycles. The summed E-state index contributed by atoms with van der Waals surface area (Å²) in [5.41, 5.74) is 2.30. The Labute approximate surface area is 159 Å². The number of hydrogen-bond acceptors (Lipinski definition) is 8. The van der Waals surface area contributed by atoms with Crippen molar-refractivity contribution in [3.63, 3.8) is 0 Å². The number of aryl methyl sites for hydroxylation is 1. The Hall–Kier alpha value is -2.66. The summed E-state index contributed by atoms with van der Waals surface area (Å²) in [7, 11) is 0. The number of aromatic nitrogens is 4. The van der Waals surface area contributed by atoms with Gasteiger partial charge in [-0.2, -0.15) is 0 Å². The van der Waals surface area contributed by atoms with Crippen LogP contribution >= 0.6 is 0 Å². The smallest absolute Gasteiger partial charge is 0.167 e.